The summed E-state index contributed by atoms with van der Waals surface area (Å²) >= 11 is 12.0. The lowest BCUT2D eigenvalue weighted by molar-refractivity contribution is -0.428. The number of hydrogen-bond donors (Lipinski definition) is 1. The van der Waals surface area contributed by atoms with E-state index in [0.29, 0.717) is 22.3 Å². The quantitative estimate of drug-likeness (QED) is 0.362. The maximum Gasteiger partial charge on any atom is 0.210 e. The van der Waals surface area contributed by atoms with Crippen LogP contribution < -0.4 is 10.5 Å². The summed E-state index contributed by atoms with van der Waals surface area (Å²) in [6.07, 6.45) is 11.3. The van der Waals surface area contributed by atoms with Gasteiger partial charge in [-0.2, -0.15) is 0 Å². The zero-order valence-electron chi connectivity index (χ0n) is 19.6. The lowest BCUT2D eigenvalue weighted by Gasteiger charge is -2.11. The molecule has 0 radical (unpaired) electrons. The molecule has 0 fully saturated rings. The minimum atomic E-state index is 0.468. The number of nitrogens with two attached hydrogens (primary N) is 1. The van der Waals surface area contributed by atoms with Gasteiger partial charge in [0, 0.05) is 36.5 Å². The third-order valence-electron chi connectivity index (χ3n) is 5.85. The van der Waals surface area contributed by atoms with Crippen molar-refractivity contribution in [2.45, 2.75) is 13.3 Å². The average molecular weight is 493 g/mol. The summed E-state index contributed by atoms with van der Waals surface area (Å²) in [5.41, 5.74) is 13.1. The zero-order valence-corrected chi connectivity index (χ0v) is 21.1. The molecule has 1 aliphatic heterocycles. The van der Waals surface area contributed by atoms with E-state index in [-0.39, 0.29) is 0 Å². The standard InChI is InChI=1S/C28H28Cl2N3O/c1-19-17-21(33(3)28(19)24(14-15-31)27-5-4-16-32(27)2)9-6-20-7-10-22(11-8-20)34-23-12-13-25(29)26(30)18-23/h4-13,16-18H,14-15,31H2,1-3H3/q+1. The molecule has 2 N–H and O–H groups in total. The number of benzene rings is 2. The molecule has 0 unspecified atom stereocenters. The molecule has 0 atom stereocenters. The summed E-state index contributed by atoms with van der Waals surface area (Å²) < 4.78 is 10.3. The van der Waals surface area contributed by atoms with Crippen molar-refractivity contribution in [3.63, 3.8) is 0 Å². The average Bonchev–Trinajstić information content (AvgIpc) is 3.36. The Bertz CT molecular complexity index is 1330. The number of halogens is 2. The molecule has 2 heterocycles. The summed E-state index contributed by atoms with van der Waals surface area (Å²) in [4.78, 5) is 0. The van der Waals surface area contributed by atoms with E-state index in [1.807, 2.05) is 24.3 Å². The second-order valence-electron chi connectivity index (χ2n) is 8.26. The first kappa shape index (κ1) is 24.1. The summed E-state index contributed by atoms with van der Waals surface area (Å²) in [7, 11) is 4.18. The number of likely N-dealkylation sites (N-methyl/N-ethyl adjacent to an activating group) is 1. The molecule has 174 valence electrons. The Labute approximate surface area is 210 Å². The van der Waals surface area contributed by atoms with Crippen LogP contribution in [0.1, 0.15) is 28.9 Å². The van der Waals surface area contributed by atoms with E-state index < -0.39 is 0 Å². The predicted octanol–water partition coefficient (Wildman–Crippen LogP) is 6.95. The van der Waals surface area contributed by atoms with Gasteiger partial charge in [-0.15, -0.1) is 0 Å². The molecule has 4 rings (SSSR count). The Morgan fingerprint density at radius 3 is 2.41 bits per heavy atom. The third-order valence-corrected chi connectivity index (χ3v) is 6.59. The maximum absolute atomic E-state index is 6.07. The molecule has 1 aliphatic rings. The molecular formula is C28H28Cl2N3O+. The summed E-state index contributed by atoms with van der Waals surface area (Å²) in [5, 5.41) is 0.972. The Kier molecular flexibility index (Phi) is 7.42. The van der Waals surface area contributed by atoms with Crippen molar-refractivity contribution in [3.8, 4) is 11.5 Å². The van der Waals surface area contributed by atoms with E-state index in [1.165, 1.54) is 22.5 Å². The highest BCUT2D eigenvalue weighted by Gasteiger charge is 2.22. The van der Waals surface area contributed by atoms with Gasteiger partial charge in [0.15, 0.2) is 6.21 Å². The molecule has 0 saturated carbocycles. The molecule has 0 bridgehead atoms. The van der Waals surface area contributed by atoms with Crippen molar-refractivity contribution in [1.29, 1.82) is 0 Å². The summed E-state index contributed by atoms with van der Waals surface area (Å²) in [6, 6.07) is 15.4. The van der Waals surface area contributed by atoms with Crippen molar-refractivity contribution in [2.24, 2.45) is 12.8 Å². The maximum atomic E-state index is 6.07. The van der Waals surface area contributed by atoms with E-state index in [0.717, 1.165) is 23.4 Å². The Hall–Kier alpha value is -3.05. The van der Waals surface area contributed by atoms with Gasteiger partial charge in [0.05, 0.1) is 15.7 Å². The highest BCUT2D eigenvalue weighted by Crippen LogP contribution is 2.31. The molecule has 0 aliphatic carbocycles. The van der Waals surface area contributed by atoms with Crippen molar-refractivity contribution in [2.75, 3.05) is 13.6 Å². The Balaban J connectivity index is 1.55. The molecular weight excluding hydrogens is 465 g/mol. The van der Waals surface area contributed by atoms with Crippen molar-refractivity contribution in [1.82, 2.24) is 4.57 Å². The fraction of sp³-hybridized carbons (Fsp3) is 0.179. The van der Waals surface area contributed by atoms with E-state index in [9.17, 15) is 0 Å². The number of ether oxygens (including phenoxy) is 1. The number of rotatable bonds is 7. The minimum absolute atomic E-state index is 0.468. The number of hydrogen-bond acceptors (Lipinski definition) is 2. The zero-order chi connectivity index (χ0) is 24.2. The van der Waals surface area contributed by atoms with Crippen LogP contribution in [-0.2, 0) is 7.05 Å². The molecule has 6 heteroatoms. The first-order valence-corrected chi connectivity index (χ1v) is 11.9. The van der Waals surface area contributed by atoms with Crippen LogP contribution in [0.5, 0.6) is 11.5 Å². The monoisotopic (exact) mass is 492 g/mol. The predicted molar refractivity (Wildman–Crippen MR) is 144 cm³/mol. The largest absolute Gasteiger partial charge is 0.457 e. The molecule has 0 spiro atoms. The van der Waals surface area contributed by atoms with Crippen LogP contribution in [0.2, 0.25) is 10.0 Å². The Morgan fingerprint density at radius 2 is 1.76 bits per heavy atom. The van der Waals surface area contributed by atoms with Crippen molar-refractivity contribution < 1.29 is 9.31 Å². The first-order chi connectivity index (χ1) is 16.4. The number of nitrogens with zero attached hydrogens (tertiary/aromatic N) is 2. The number of allylic oxidation sites excluding steroid dienone is 2. The first-order valence-electron chi connectivity index (χ1n) is 11.1. The van der Waals surface area contributed by atoms with Crippen LogP contribution in [0.15, 0.2) is 66.4 Å². The molecule has 0 saturated heterocycles. The number of aromatic nitrogens is 1. The smallest absolute Gasteiger partial charge is 0.210 e. The molecule has 3 aromatic rings. The van der Waals surface area contributed by atoms with Crippen LogP contribution in [0.4, 0.5) is 0 Å². The topological polar surface area (TPSA) is 43.2 Å². The van der Waals surface area contributed by atoms with Crippen LogP contribution in [0, 0.1) is 6.92 Å². The van der Waals surface area contributed by atoms with E-state index in [4.69, 9.17) is 33.7 Å². The SMILES string of the molecule is Cc1cc(C=Cc2ccc(Oc3ccc(Cl)c(Cl)c3)cc2)n(C)c1C(CCN)=C1C=CC=[N+]1C. The van der Waals surface area contributed by atoms with Crippen LogP contribution >= 0.6 is 23.2 Å². The van der Waals surface area contributed by atoms with Crippen molar-refractivity contribution in [3.05, 3.63) is 98.9 Å². The van der Waals surface area contributed by atoms with Gasteiger partial charge in [0.25, 0.3) is 0 Å². The fourth-order valence-electron chi connectivity index (χ4n) is 4.17. The molecule has 4 nitrogen and oxygen atoms in total. The van der Waals surface area contributed by atoms with Gasteiger partial charge >= 0.3 is 0 Å². The van der Waals surface area contributed by atoms with Crippen LogP contribution in [0.3, 0.4) is 0 Å². The van der Waals surface area contributed by atoms with Crippen molar-refractivity contribution >= 4 is 47.1 Å². The van der Waals surface area contributed by atoms with Gasteiger partial charge in [-0.3, -0.25) is 0 Å². The van der Waals surface area contributed by atoms with Gasteiger partial charge in [-0.1, -0.05) is 41.4 Å². The summed E-state index contributed by atoms with van der Waals surface area (Å²) in [6.45, 7) is 2.76. The van der Waals surface area contributed by atoms with Crippen LogP contribution in [-0.4, -0.2) is 28.9 Å². The Morgan fingerprint density at radius 1 is 1.03 bits per heavy atom. The van der Waals surface area contributed by atoms with Gasteiger partial charge in [0.1, 0.15) is 18.5 Å². The lowest BCUT2D eigenvalue weighted by atomic mass is 10.0. The van der Waals surface area contributed by atoms with Gasteiger partial charge in [-0.25, -0.2) is 4.58 Å². The normalized spacial score (nSPS) is 14.7. The fourth-order valence-corrected chi connectivity index (χ4v) is 4.46. The highest BCUT2D eigenvalue weighted by molar-refractivity contribution is 6.42. The second kappa shape index (κ2) is 10.5. The highest BCUT2D eigenvalue weighted by atomic mass is 35.5. The minimum Gasteiger partial charge on any atom is -0.457 e. The van der Waals surface area contributed by atoms with E-state index in [1.54, 1.807) is 18.2 Å². The molecule has 34 heavy (non-hydrogen) atoms. The van der Waals surface area contributed by atoms with Gasteiger partial charge in [0.2, 0.25) is 5.70 Å². The van der Waals surface area contributed by atoms with E-state index >= 15 is 0 Å². The van der Waals surface area contributed by atoms with Gasteiger partial charge in [-0.05, 0) is 67.4 Å². The van der Waals surface area contributed by atoms with Gasteiger partial charge < -0.3 is 15.0 Å². The third kappa shape index (κ3) is 5.20. The number of aryl methyl sites for hydroxylation is 1. The molecule has 0 amide bonds. The van der Waals surface area contributed by atoms with E-state index in [2.05, 4.69) is 66.7 Å². The lowest BCUT2D eigenvalue weighted by Crippen LogP contribution is -2.10. The molecule has 2 aromatic carbocycles. The van der Waals surface area contributed by atoms with Crippen LogP contribution in [0.25, 0.3) is 17.7 Å². The molecule has 1 aromatic heterocycles. The second-order valence-corrected chi connectivity index (χ2v) is 9.08. The summed E-state index contributed by atoms with van der Waals surface area (Å²) in [5.74, 6) is 1.38.